The molecule has 0 aromatic heterocycles. The molecule has 7 heavy (non-hydrogen) atoms. The summed E-state index contributed by atoms with van der Waals surface area (Å²) in [6.45, 7) is -1.45. The van der Waals surface area contributed by atoms with E-state index in [4.69, 9.17) is 5.11 Å². The average molecular weight is 110 g/mol. The van der Waals surface area contributed by atoms with Gasteiger partial charge in [0.2, 0.25) is 6.17 Å². The maximum Gasteiger partial charge on any atom is 0.341 e. The van der Waals surface area contributed by atoms with Crippen molar-refractivity contribution in [3.05, 3.63) is 0 Å². The first-order valence-electron chi connectivity index (χ1n) is 1.61. The van der Waals surface area contributed by atoms with Crippen molar-refractivity contribution in [2.75, 3.05) is 6.67 Å². The van der Waals surface area contributed by atoms with Crippen LogP contribution in [0.4, 0.5) is 8.78 Å². The van der Waals surface area contributed by atoms with Crippen molar-refractivity contribution in [3.63, 3.8) is 0 Å². The van der Waals surface area contributed by atoms with E-state index in [9.17, 15) is 13.6 Å². The molecular weight excluding hydrogens is 106 g/mol. The number of hydrogen-bond donors (Lipinski definition) is 1. The Labute approximate surface area is 38.8 Å². The fourth-order valence-electron chi connectivity index (χ4n) is 0.0660. The van der Waals surface area contributed by atoms with Gasteiger partial charge in [0.25, 0.3) is 0 Å². The van der Waals surface area contributed by atoms with Crippen LogP contribution in [0.3, 0.4) is 0 Å². The lowest BCUT2D eigenvalue weighted by Crippen LogP contribution is -2.15. The Morgan fingerprint density at radius 3 is 2.29 bits per heavy atom. The summed E-state index contributed by atoms with van der Waals surface area (Å²) < 4.78 is 22.2. The Kier molecular flexibility index (Phi) is 2.26. The van der Waals surface area contributed by atoms with Gasteiger partial charge < -0.3 is 5.11 Å². The first-order chi connectivity index (χ1) is 3.18. The summed E-state index contributed by atoms with van der Waals surface area (Å²) in [7, 11) is 0. The van der Waals surface area contributed by atoms with E-state index in [1.165, 1.54) is 0 Å². The number of carboxylic acid groups (broad SMARTS) is 1. The summed E-state index contributed by atoms with van der Waals surface area (Å²) in [5, 5.41) is 7.57. The van der Waals surface area contributed by atoms with Gasteiger partial charge in [-0.05, 0) is 0 Å². The first-order valence-corrected chi connectivity index (χ1v) is 1.61. The molecule has 42 valence electrons. The molecular formula is C3H4F2O2. The van der Waals surface area contributed by atoms with Crippen molar-refractivity contribution in [1.29, 1.82) is 0 Å². The van der Waals surface area contributed by atoms with Gasteiger partial charge in [0, 0.05) is 0 Å². The number of carbonyl (C=O) groups is 1. The third kappa shape index (κ3) is 2.08. The molecule has 4 heteroatoms. The van der Waals surface area contributed by atoms with E-state index in [2.05, 4.69) is 0 Å². The molecule has 0 aromatic rings. The van der Waals surface area contributed by atoms with Gasteiger partial charge >= 0.3 is 5.97 Å². The van der Waals surface area contributed by atoms with Gasteiger partial charge in [0.15, 0.2) is 0 Å². The maximum atomic E-state index is 11.3. The van der Waals surface area contributed by atoms with Crippen LogP contribution < -0.4 is 0 Å². The predicted molar refractivity (Wildman–Crippen MR) is 18.5 cm³/mol. The first kappa shape index (κ1) is 6.33. The molecule has 1 N–H and O–H groups in total. The van der Waals surface area contributed by atoms with E-state index in [0.717, 1.165) is 0 Å². The van der Waals surface area contributed by atoms with E-state index in [-0.39, 0.29) is 0 Å². The lowest BCUT2D eigenvalue weighted by molar-refractivity contribution is -0.143. The standard InChI is InChI=1S/C3H4F2O2/c4-1-2(5)3(6)7/h2H,1H2,(H,6,7). The quantitative estimate of drug-likeness (QED) is 0.557. The number of hydrogen-bond acceptors (Lipinski definition) is 1. The zero-order valence-corrected chi connectivity index (χ0v) is 3.40. The van der Waals surface area contributed by atoms with Gasteiger partial charge in [-0.3, -0.25) is 0 Å². The van der Waals surface area contributed by atoms with Gasteiger partial charge in [0.05, 0.1) is 0 Å². The zero-order valence-electron chi connectivity index (χ0n) is 3.40. The van der Waals surface area contributed by atoms with Crippen molar-refractivity contribution >= 4 is 5.97 Å². The number of carboxylic acids is 1. The van der Waals surface area contributed by atoms with Crippen molar-refractivity contribution < 1.29 is 18.7 Å². The minimum Gasteiger partial charge on any atom is -0.479 e. The van der Waals surface area contributed by atoms with E-state index >= 15 is 0 Å². The van der Waals surface area contributed by atoms with E-state index < -0.39 is 18.8 Å². The fraction of sp³-hybridized carbons (Fsp3) is 0.667. The molecule has 1 atom stereocenters. The molecule has 1 unspecified atom stereocenters. The van der Waals surface area contributed by atoms with Crippen LogP contribution in [0.1, 0.15) is 0 Å². The summed E-state index contributed by atoms with van der Waals surface area (Å²) in [6, 6.07) is 0. The minimum absolute atomic E-state index is 1.45. The second-order valence-corrected chi connectivity index (χ2v) is 0.960. The van der Waals surface area contributed by atoms with Crippen molar-refractivity contribution in [2.24, 2.45) is 0 Å². The lowest BCUT2D eigenvalue weighted by Gasteiger charge is -1.89. The molecule has 0 aliphatic rings. The lowest BCUT2D eigenvalue weighted by atomic mass is 10.4. The highest BCUT2D eigenvalue weighted by atomic mass is 19.2. The summed E-state index contributed by atoms with van der Waals surface area (Å²) in [5.74, 6) is -1.75. The van der Waals surface area contributed by atoms with E-state index in [1.54, 1.807) is 0 Å². The number of aliphatic carboxylic acids is 1. The van der Waals surface area contributed by atoms with Crippen LogP contribution in [0.5, 0.6) is 0 Å². The van der Waals surface area contributed by atoms with Gasteiger partial charge in [-0.25, -0.2) is 13.6 Å². The third-order valence-electron chi connectivity index (χ3n) is 0.403. The molecule has 0 aliphatic heterocycles. The maximum absolute atomic E-state index is 11.3. The molecule has 0 aliphatic carbocycles. The van der Waals surface area contributed by atoms with Crippen LogP contribution in [0, 0.1) is 0 Å². The van der Waals surface area contributed by atoms with Gasteiger partial charge in [-0.1, -0.05) is 0 Å². The molecule has 0 radical (unpaired) electrons. The van der Waals surface area contributed by atoms with Gasteiger partial charge in [-0.2, -0.15) is 0 Å². The Morgan fingerprint density at radius 1 is 1.86 bits per heavy atom. The molecule has 0 fully saturated rings. The summed E-state index contributed by atoms with van der Waals surface area (Å²) in [6.07, 6.45) is -2.35. The van der Waals surface area contributed by atoms with Gasteiger partial charge in [0.1, 0.15) is 6.67 Å². The fourth-order valence-corrected chi connectivity index (χ4v) is 0.0660. The van der Waals surface area contributed by atoms with Crippen LogP contribution in [-0.2, 0) is 4.79 Å². The number of halogens is 2. The van der Waals surface area contributed by atoms with Crippen LogP contribution >= 0.6 is 0 Å². The Bertz CT molecular complexity index is 73.3. The monoisotopic (exact) mass is 110 g/mol. The van der Waals surface area contributed by atoms with Crippen LogP contribution in [0.15, 0.2) is 0 Å². The SMILES string of the molecule is O=C(O)C(F)CF. The second kappa shape index (κ2) is 2.49. The van der Waals surface area contributed by atoms with Crippen LogP contribution in [0.25, 0.3) is 0 Å². The molecule has 0 bridgehead atoms. The molecule has 0 spiro atoms. The molecule has 0 aromatic carbocycles. The van der Waals surface area contributed by atoms with Crippen LogP contribution in [0.2, 0.25) is 0 Å². The second-order valence-electron chi connectivity index (χ2n) is 0.960. The smallest absolute Gasteiger partial charge is 0.341 e. The molecule has 0 rings (SSSR count). The highest BCUT2D eigenvalue weighted by Gasteiger charge is 2.13. The number of alkyl halides is 2. The van der Waals surface area contributed by atoms with E-state index in [1.807, 2.05) is 0 Å². The van der Waals surface area contributed by atoms with Gasteiger partial charge in [-0.15, -0.1) is 0 Å². The third-order valence-corrected chi connectivity index (χ3v) is 0.403. The largest absolute Gasteiger partial charge is 0.479 e. The molecule has 0 saturated carbocycles. The van der Waals surface area contributed by atoms with Crippen molar-refractivity contribution in [1.82, 2.24) is 0 Å². The summed E-state index contributed by atoms with van der Waals surface area (Å²) in [5.41, 5.74) is 0. The number of rotatable bonds is 2. The summed E-state index contributed by atoms with van der Waals surface area (Å²) in [4.78, 5) is 9.32. The molecule has 0 amide bonds. The molecule has 0 heterocycles. The molecule has 0 saturated heterocycles. The highest BCUT2D eigenvalue weighted by molar-refractivity contribution is 5.72. The molecule has 2 nitrogen and oxygen atoms in total. The van der Waals surface area contributed by atoms with Crippen molar-refractivity contribution in [2.45, 2.75) is 6.17 Å². The van der Waals surface area contributed by atoms with E-state index in [0.29, 0.717) is 0 Å². The Balaban J connectivity index is 3.34. The predicted octanol–water partition coefficient (Wildman–Crippen LogP) is 0.379. The normalized spacial score (nSPS) is 13.4. The Morgan fingerprint density at radius 2 is 2.29 bits per heavy atom. The highest BCUT2D eigenvalue weighted by Crippen LogP contribution is 1.88. The minimum atomic E-state index is -2.35. The summed E-state index contributed by atoms with van der Waals surface area (Å²) >= 11 is 0. The Hall–Kier alpha value is -0.670. The van der Waals surface area contributed by atoms with Crippen molar-refractivity contribution in [3.8, 4) is 0 Å². The topological polar surface area (TPSA) is 37.3 Å². The average Bonchev–Trinajstić information content (AvgIpc) is 1.65. The zero-order chi connectivity index (χ0) is 5.86. The van der Waals surface area contributed by atoms with Crippen LogP contribution in [-0.4, -0.2) is 23.9 Å².